The molecule has 0 rings (SSSR count). The fourth-order valence-electron chi connectivity index (χ4n) is 0.281. The lowest BCUT2D eigenvalue weighted by Crippen LogP contribution is -2.05. The molecule has 0 aromatic carbocycles. The Kier molecular flexibility index (Phi) is 14.4. The zero-order valence-electron chi connectivity index (χ0n) is 7.64. The van der Waals surface area contributed by atoms with E-state index in [1.165, 1.54) is 17.8 Å². The summed E-state index contributed by atoms with van der Waals surface area (Å²) < 4.78 is 0.683. The summed E-state index contributed by atoms with van der Waals surface area (Å²) in [5.41, 5.74) is 0. The molecule has 13 heavy (non-hydrogen) atoms. The fraction of sp³-hybridized carbons (Fsp3) is 0.625. The summed E-state index contributed by atoms with van der Waals surface area (Å²) >= 11 is 6.18. The third kappa shape index (κ3) is 14.9. The van der Waals surface area contributed by atoms with Gasteiger partial charge >= 0.3 is 0 Å². The number of thioether (sulfide) groups is 1. The SMILES string of the molecule is C=CC(O)CO.CCSC(=S)CO. The third-order valence-electron chi connectivity index (χ3n) is 0.894. The molecule has 0 fully saturated rings. The van der Waals surface area contributed by atoms with Crippen LogP contribution in [0.3, 0.4) is 0 Å². The quantitative estimate of drug-likeness (QED) is 0.482. The molecule has 0 aromatic rings. The Morgan fingerprint density at radius 3 is 2.23 bits per heavy atom. The Labute approximate surface area is 88.5 Å². The molecular formula is C8H16O3S2. The second-order valence-corrected chi connectivity index (χ2v) is 4.06. The zero-order chi connectivity index (χ0) is 10.7. The van der Waals surface area contributed by atoms with Gasteiger partial charge in [0.1, 0.15) is 0 Å². The Hall–Kier alpha value is 0.0600. The van der Waals surface area contributed by atoms with E-state index in [9.17, 15) is 0 Å². The van der Waals surface area contributed by atoms with Crippen molar-refractivity contribution in [1.82, 2.24) is 0 Å². The lowest BCUT2D eigenvalue weighted by Gasteiger charge is -1.93. The van der Waals surface area contributed by atoms with E-state index >= 15 is 0 Å². The van der Waals surface area contributed by atoms with Crippen molar-refractivity contribution in [1.29, 1.82) is 0 Å². The summed E-state index contributed by atoms with van der Waals surface area (Å²) in [4.78, 5) is 0. The minimum absolute atomic E-state index is 0.0356. The van der Waals surface area contributed by atoms with Crippen LogP contribution < -0.4 is 0 Å². The second kappa shape index (κ2) is 12.1. The lowest BCUT2D eigenvalue weighted by atomic mass is 10.4. The first-order valence-corrected chi connectivity index (χ1v) is 5.19. The average molecular weight is 224 g/mol. The van der Waals surface area contributed by atoms with Crippen molar-refractivity contribution in [3.05, 3.63) is 12.7 Å². The highest BCUT2D eigenvalue weighted by molar-refractivity contribution is 8.23. The largest absolute Gasteiger partial charge is 0.393 e. The molecule has 0 saturated heterocycles. The standard InChI is InChI=1S/C4H8O2.C4H8OS2/c1-2-4(6)3-5;1-2-7-4(6)3-5/h2,4-6H,1,3H2;5H,2-3H2,1H3. The van der Waals surface area contributed by atoms with Crippen LogP contribution in [0.5, 0.6) is 0 Å². The smallest absolute Gasteiger partial charge is 0.0949 e. The van der Waals surface area contributed by atoms with E-state index in [0.29, 0.717) is 4.20 Å². The Bertz CT molecular complexity index is 139. The maximum atomic E-state index is 8.30. The van der Waals surface area contributed by atoms with Crippen LogP contribution in [-0.2, 0) is 0 Å². The van der Waals surface area contributed by atoms with Gasteiger partial charge in [-0.1, -0.05) is 25.2 Å². The van der Waals surface area contributed by atoms with Crippen molar-refractivity contribution < 1.29 is 15.3 Å². The van der Waals surface area contributed by atoms with Crippen molar-refractivity contribution >= 4 is 28.2 Å². The summed E-state index contributed by atoms with van der Waals surface area (Å²) in [6.45, 7) is 5.03. The van der Waals surface area contributed by atoms with Crippen LogP contribution in [0.15, 0.2) is 12.7 Å². The molecule has 78 valence electrons. The van der Waals surface area contributed by atoms with Crippen LogP contribution in [0, 0.1) is 0 Å². The predicted molar refractivity (Wildman–Crippen MR) is 61.1 cm³/mol. The van der Waals surface area contributed by atoms with Crippen LogP contribution >= 0.6 is 24.0 Å². The average Bonchev–Trinajstić information content (AvgIpc) is 2.18. The van der Waals surface area contributed by atoms with Gasteiger partial charge in [0.2, 0.25) is 0 Å². The monoisotopic (exact) mass is 224 g/mol. The maximum Gasteiger partial charge on any atom is 0.0949 e. The number of aliphatic hydroxyl groups excluding tert-OH is 3. The molecule has 0 aliphatic rings. The van der Waals surface area contributed by atoms with E-state index in [-0.39, 0.29) is 13.2 Å². The summed E-state index contributed by atoms with van der Waals surface area (Å²) in [6.07, 6.45) is 0.532. The molecule has 3 N–H and O–H groups in total. The van der Waals surface area contributed by atoms with Gasteiger partial charge in [0.25, 0.3) is 0 Å². The van der Waals surface area contributed by atoms with Gasteiger partial charge in [-0.2, -0.15) is 0 Å². The molecule has 0 spiro atoms. The van der Waals surface area contributed by atoms with Gasteiger partial charge in [0.15, 0.2) is 0 Å². The molecule has 1 atom stereocenters. The zero-order valence-corrected chi connectivity index (χ0v) is 9.27. The summed E-state index contributed by atoms with van der Waals surface area (Å²) in [7, 11) is 0. The molecule has 0 saturated carbocycles. The molecule has 0 aliphatic carbocycles. The molecule has 0 aromatic heterocycles. The van der Waals surface area contributed by atoms with Gasteiger partial charge in [0, 0.05) is 0 Å². The maximum absolute atomic E-state index is 8.30. The van der Waals surface area contributed by atoms with Gasteiger partial charge in [0.05, 0.1) is 23.5 Å². The molecular weight excluding hydrogens is 208 g/mol. The first kappa shape index (κ1) is 15.5. The minimum Gasteiger partial charge on any atom is -0.393 e. The van der Waals surface area contributed by atoms with Crippen LogP contribution in [0.2, 0.25) is 0 Å². The molecule has 0 aliphatic heterocycles. The van der Waals surface area contributed by atoms with Crippen molar-refractivity contribution in [2.45, 2.75) is 13.0 Å². The number of aliphatic hydroxyl groups is 3. The fourth-order valence-corrected chi connectivity index (χ4v) is 1.05. The minimum atomic E-state index is -0.745. The molecule has 0 radical (unpaired) electrons. The van der Waals surface area contributed by atoms with Gasteiger partial charge in [-0.25, -0.2) is 0 Å². The predicted octanol–water partition coefficient (Wildman–Crippen LogP) is 0.585. The highest BCUT2D eigenvalue weighted by Gasteiger charge is 1.88. The van der Waals surface area contributed by atoms with Gasteiger partial charge < -0.3 is 15.3 Å². The Morgan fingerprint density at radius 2 is 2.15 bits per heavy atom. The first-order valence-electron chi connectivity index (χ1n) is 3.80. The highest BCUT2D eigenvalue weighted by atomic mass is 32.2. The van der Waals surface area contributed by atoms with E-state index in [1.54, 1.807) is 0 Å². The summed E-state index contributed by atoms with van der Waals surface area (Å²) in [5, 5.41) is 24.6. The molecule has 0 heterocycles. The molecule has 0 amide bonds. The van der Waals surface area contributed by atoms with Crippen LogP contribution in [-0.4, -0.2) is 44.6 Å². The third-order valence-corrected chi connectivity index (χ3v) is 2.12. The van der Waals surface area contributed by atoms with Crippen molar-refractivity contribution in [3.8, 4) is 0 Å². The van der Waals surface area contributed by atoms with Crippen molar-refractivity contribution in [2.75, 3.05) is 19.0 Å². The van der Waals surface area contributed by atoms with E-state index in [0.717, 1.165) is 5.75 Å². The Balaban J connectivity index is 0. The topological polar surface area (TPSA) is 60.7 Å². The van der Waals surface area contributed by atoms with Crippen LogP contribution in [0.25, 0.3) is 0 Å². The highest BCUT2D eigenvalue weighted by Crippen LogP contribution is 2.00. The number of hydrogen-bond acceptors (Lipinski definition) is 5. The normalized spacial score (nSPS) is 11.1. The van der Waals surface area contributed by atoms with Crippen LogP contribution in [0.4, 0.5) is 0 Å². The van der Waals surface area contributed by atoms with Gasteiger partial charge in [-0.3, -0.25) is 0 Å². The molecule has 5 heteroatoms. The molecule has 1 unspecified atom stereocenters. The molecule has 3 nitrogen and oxygen atoms in total. The van der Waals surface area contributed by atoms with Crippen LogP contribution in [0.1, 0.15) is 6.92 Å². The van der Waals surface area contributed by atoms with Gasteiger partial charge in [-0.05, 0) is 5.75 Å². The number of rotatable bonds is 4. The first-order chi connectivity index (χ1) is 6.12. The van der Waals surface area contributed by atoms with Crippen molar-refractivity contribution in [2.24, 2.45) is 0 Å². The van der Waals surface area contributed by atoms with E-state index in [4.69, 9.17) is 15.3 Å². The van der Waals surface area contributed by atoms with E-state index < -0.39 is 6.10 Å². The van der Waals surface area contributed by atoms with Crippen molar-refractivity contribution in [3.63, 3.8) is 0 Å². The van der Waals surface area contributed by atoms with E-state index in [1.807, 2.05) is 6.92 Å². The number of thiocarbonyl (C=S) groups is 1. The summed E-state index contributed by atoms with van der Waals surface area (Å²) in [5.74, 6) is 0.958. The second-order valence-electron chi connectivity index (χ2n) is 1.95. The lowest BCUT2D eigenvalue weighted by molar-refractivity contribution is 0.131. The number of hydrogen-bond donors (Lipinski definition) is 3. The summed E-state index contributed by atoms with van der Waals surface area (Å²) in [6, 6.07) is 0. The molecule has 0 bridgehead atoms. The Morgan fingerprint density at radius 1 is 1.62 bits per heavy atom. The van der Waals surface area contributed by atoms with E-state index in [2.05, 4.69) is 18.8 Å². The van der Waals surface area contributed by atoms with Gasteiger partial charge in [-0.15, -0.1) is 18.3 Å².